The average Bonchev–Trinajstić information content (AvgIpc) is 2.01. The fraction of sp³-hybridized carbons (Fsp3) is 1.00. The lowest BCUT2D eigenvalue weighted by atomic mass is 10.2. The van der Waals surface area contributed by atoms with Crippen molar-refractivity contribution in [3.05, 3.63) is 0 Å². The predicted octanol–water partition coefficient (Wildman–Crippen LogP) is 4.22. The monoisotopic (exact) mass is 164 g/mol. The summed E-state index contributed by atoms with van der Waals surface area (Å²) in [6, 6.07) is 0. The van der Waals surface area contributed by atoms with Crippen LogP contribution in [0.3, 0.4) is 0 Å². The first kappa shape index (κ1) is 12.9. The number of rotatable bonds is 4. The van der Waals surface area contributed by atoms with Crippen molar-refractivity contribution >= 4 is 11.6 Å². The van der Waals surface area contributed by atoms with Crippen molar-refractivity contribution in [3.63, 3.8) is 0 Å². The van der Waals surface area contributed by atoms with Gasteiger partial charge in [-0.3, -0.25) is 0 Å². The van der Waals surface area contributed by atoms with Crippen LogP contribution in [0.1, 0.15) is 52.9 Å². The normalized spacial score (nSPS) is 8.40. The van der Waals surface area contributed by atoms with Crippen molar-refractivity contribution in [2.75, 3.05) is 5.88 Å². The smallest absolute Gasteiger partial charge is 0.0220 e. The Hall–Kier alpha value is 0.290. The van der Waals surface area contributed by atoms with E-state index in [9.17, 15) is 0 Å². The summed E-state index contributed by atoms with van der Waals surface area (Å²) in [5.41, 5.74) is 0. The van der Waals surface area contributed by atoms with Gasteiger partial charge in [-0.15, -0.1) is 11.6 Å². The van der Waals surface area contributed by atoms with E-state index in [-0.39, 0.29) is 0 Å². The second-order valence-electron chi connectivity index (χ2n) is 2.40. The van der Waals surface area contributed by atoms with Crippen LogP contribution in [-0.2, 0) is 0 Å². The van der Waals surface area contributed by atoms with Crippen LogP contribution in [0.15, 0.2) is 0 Å². The van der Waals surface area contributed by atoms with Gasteiger partial charge in [0.25, 0.3) is 0 Å². The molecule has 0 unspecified atom stereocenters. The molecule has 0 saturated carbocycles. The summed E-state index contributed by atoms with van der Waals surface area (Å²) in [6.07, 6.45) is 6.62. The van der Waals surface area contributed by atoms with Crippen molar-refractivity contribution in [2.24, 2.45) is 0 Å². The third-order valence-corrected chi connectivity index (χ3v) is 1.52. The summed E-state index contributed by atoms with van der Waals surface area (Å²) >= 11 is 5.19. The molecule has 0 aliphatic rings. The van der Waals surface area contributed by atoms with Crippen molar-refractivity contribution in [2.45, 2.75) is 52.9 Å². The molecule has 0 radical (unpaired) electrons. The van der Waals surface area contributed by atoms with E-state index in [2.05, 4.69) is 13.8 Å². The van der Waals surface area contributed by atoms with Gasteiger partial charge in [-0.25, -0.2) is 0 Å². The number of halogens is 1. The molecule has 0 rings (SSSR count). The minimum Gasteiger partial charge on any atom is -0.127 e. The van der Waals surface area contributed by atoms with Gasteiger partial charge in [0.05, 0.1) is 0 Å². The highest BCUT2D eigenvalue weighted by Crippen LogP contribution is 1.95. The largest absolute Gasteiger partial charge is 0.127 e. The van der Waals surface area contributed by atoms with E-state index in [1.54, 1.807) is 0 Å². The van der Waals surface area contributed by atoms with Gasteiger partial charge in [0, 0.05) is 5.88 Å². The van der Waals surface area contributed by atoms with E-state index in [1.807, 2.05) is 6.92 Å². The molecule has 1 heteroatoms. The van der Waals surface area contributed by atoms with E-state index >= 15 is 0 Å². The van der Waals surface area contributed by atoms with E-state index < -0.39 is 0 Å². The van der Waals surface area contributed by atoms with Crippen LogP contribution >= 0.6 is 11.6 Å². The number of hydrogen-bond acceptors (Lipinski definition) is 0. The van der Waals surface area contributed by atoms with E-state index in [0.29, 0.717) is 0 Å². The zero-order valence-corrected chi connectivity index (χ0v) is 8.38. The molecular weight excluding hydrogens is 144 g/mol. The minimum atomic E-state index is 0.792. The number of hydrogen-bond donors (Lipinski definition) is 0. The molecule has 0 aliphatic heterocycles. The molecule has 0 aromatic carbocycles. The van der Waals surface area contributed by atoms with Crippen LogP contribution in [0.5, 0.6) is 0 Å². The number of alkyl halides is 1. The zero-order chi connectivity index (χ0) is 8.24. The first-order chi connectivity index (χ1) is 4.83. The fourth-order valence-corrected chi connectivity index (χ4v) is 0.500. The van der Waals surface area contributed by atoms with Crippen LogP contribution in [0, 0.1) is 0 Å². The molecule has 0 heterocycles. The summed E-state index contributed by atoms with van der Waals surface area (Å²) in [5.74, 6) is 0.792. The first-order valence-electron chi connectivity index (χ1n) is 4.39. The van der Waals surface area contributed by atoms with Gasteiger partial charge in [-0.05, 0) is 6.42 Å². The van der Waals surface area contributed by atoms with E-state index in [1.165, 1.54) is 25.7 Å². The molecule has 0 aliphatic carbocycles. The predicted molar refractivity (Wildman–Crippen MR) is 50.8 cm³/mol. The van der Waals surface area contributed by atoms with Crippen LogP contribution in [0.25, 0.3) is 0 Å². The topological polar surface area (TPSA) is 0 Å². The summed E-state index contributed by atoms with van der Waals surface area (Å²) in [4.78, 5) is 0. The Labute approximate surface area is 71.0 Å². The van der Waals surface area contributed by atoms with Gasteiger partial charge < -0.3 is 0 Å². The number of unbranched alkanes of at least 4 members (excludes halogenated alkanes) is 3. The van der Waals surface area contributed by atoms with Crippen LogP contribution in [-0.4, -0.2) is 5.88 Å². The minimum absolute atomic E-state index is 0.792. The maximum Gasteiger partial charge on any atom is 0.0220 e. The zero-order valence-electron chi connectivity index (χ0n) is 7.62. The molecule has 0 atom stereocenters. The summed E-state index contributed by atoms with van der Waals surface area (Å²) in [7, 11) is 0. The van der Waals surface area contributed by atoms with Crippen LogP contribution < -0.4 is 0 Å². The molecule has 0 N–H and O–H groups in total. The molecular formula is C9H21Cl. The van der Waals surface area contributed by atoms with Crippen LogP contribution in [0.4, 0.5) is 0 Å². The maximum atomic E-state index is 5.19. The Bertz CT molecular complexity index is 29.7. The first-order valence-corrected chi connectivity index (χ1v) is 4.92. The summed E-state index contributed by atoms with van der Waals surface area (Å²) in [5, 5.41) is 0. The third-order valence-electron chi connectivity index (χ3n) is 1.15. The lowest BCUT2D eigenvalue weighted by Gasteiger charge is -1.86. The highest BCUT2D eigenvalue weighted by atomic mass is 35.5. The summed E-state index contributed by atoms with van der Waals surface area (Å²) in [6.45, 7) is 6.51. The molecule has 0 spiro atoms. The third kappa shape index (κ3) is 23.9. The lowest BCUT2D eigenvalue weighted by molar-refractivity contribution is 0.702. The van der Waals surface area contributed by atoms with Crippen molar-refractivity contribution < 1.29 is 0 Å². The Morgan fingerprint density at radius 3 is 1.20 bits per heavy atom. The van der Waals surface area contributed by atoms with Crippen molar-refractivity contribution in [1.29, 1.82) is 0 Å². The molecule has 0 saturated heterocycles. The second kappa shape index (κ2) is 16.1. The van der Waals surface area contributed by atoms with E-state index in [0.717, 1.165) is 12.3 Å². The van der Waals surface area contributed by atoms with Gasteiger partial charge in [0.1, 0.15) is 0 Å². The van der Waals surface area contributed by atoms with Gasteiger partial charge in [0.15, 0.2) is 0 Å². The fourth-order valence-electron chi connectivity index (χ4n) is 0.500. The van der Waals surface area contributed by atoms with Crippen molar-refractivity contribution in [1.82, 2.24) is 0 Å². The van der Waals surface area contributed by atoms with Crippen molar-refractivity contribution in [3.8, 4) is 0 Å². The standard InChI is InChI=1S/C6H14.C3H7Cl/c1-3-5-6-4-2;1-2-3-4/h3-6H2,1-2H3;2-3H2,1H3. The summed E-state index contributed by atoms with van der Waals surface area (Å²) < 4.78 is 0. The molecule has 64 valence electrons. The van der Waals surface area contributed by atoms with Gasteiger partial charge in [-0.1, -0.05) is 46.5 Å². The van der Waals surface area contributed by atoms with Gasteiger partial charge in [0.2, 0.25) is 0 Å². The lowest BCUT2D eigenvalue weighted by Crippen LogP contribution is -1.66. The molecule has 0 fully saturated rings. The molecule has 0 nitrogen and oxygen atoms in total. The molecule has 0 amide bonds. The van der Waals surface area contributed by atoms with E-state index in [4.69, 9.17) is 11.6 Å². The van der Waals surface area contributed by atoms with Crippen LogP contribution in [0.2, 0.25) is 0 Å². The Balaban J connectivity index is 0. The average molecular weight is 165 g/mol. The molecule has 0 bridgehead atoms. The molecule has 0 aromatic heterocycles. The molecule has 10 heavy (non-hydrogen) atoms. The highest BCUT2D eigenvalue weighted by molar-refractivity contribution is 6.17. The Kier molecular flexibility index (Phi) is 20.9. The second-order valence-corrected chi connectivity index (χ2v) is 2.77. The quantitative estimate of drug-likeness (QED) is 0.431. The maximum absolute atomic E-state index is 5.19. The van der Waals surface area contributed by atoms with Gasteiger partial charge in [-0.2, -0.15) is 0 Å². The Morgan fingerprint density at radius 1 is 0.800 bits per heavy atom. The Morgan fingerprint density at radius 2 is 1.10 bits per heavy atom. The van der Waals surface area contributed by atoms with Gasteiger partial charge >= 0.3 is 0 Å². The highest BCUT2D eigenvalue weighted by Gasteiger charge is 1.75. The SMILES string of the molecule is CCCCCC.CCCCl. The molecule has 0 aromatic rings.